The normalized spacial score (nSPS) is 11.6. The topological polar surface area (TPSA) is 129 Å². The number of carbonyl (C=O) groups excluding carboxylic acids is 1. The van der Waals surface area contributed by atoms with Crippen molar-refractivity contribution in [2.45, 2.75) is 26.7 Å². The number of phosphoric ester groups is 1. The van der Waals surface area contributed by atoms with Gasteiger partial charge in [-0.3, -0.25) is 9.32 Å². The number of benzene rings is 1. The number of amides is 1. The lowest BCUT2D eigenvalue weighted by atomic mass is 10.1. The molecular weight excluding hydrogens is 387 g/mol. The molecule has 1 aromatic carbocycles. The van der Waals surface area contributed by atoms with Crippen LogP contribution in [0.5, 0.6) is 0 Å². The number of nitrogens with one attached hydrogen (secondary N) is 1. The highest BCUT2D eigenvalue weighted by Crippen LogP contribution is 2.35. The quantitative estimate of drug-likeness (QED) is 0.308. The van der Waals surface area contributed by atoms with Gasteiger partial charge in [0.25, 0.3) is 5.91 Å². The Hall–Kier alpha value is -2.19. The lowest BCUT2D eigenvalue weighted by molar-refractivity contribution is 0.0948. The van der Waals surface area contributed by atoms with Gasteiger partial charge in [0.05, 0.1) is 6.61 Å². The average molecular weight is 412 g/mol. The van der Waals surface area contributed by atoms with Gasteiger partial charge in [-0.1, -0.05) is 0 Å². The smallest absolute Gasteiger partial charge is 0.422 e. The van der Waals surface area contributed by atoms with Gasteiger partial charge in [-0.05, 0) is 44.9 Å². The van der Waals surface area contributed by atoms with Gasteiger partial charge in [0.2, 0.25) is 0 Å². The summed E-state index contributed by atoms with van der Waals surface area (Å²) < 4.78 is 20.2. The van der Waals surface area contributed by atoms with Crippen molar-refractivity contribution in [1.29, 1.82) is 0 Å². The Morgan fingerprint density at radius 1 is 1.21 bits per heavy atom. The van der Waals surface area contributed by atoms with Crippen molar-refractivity contribution in [2.75, 3.05) is 31.1 Å². The van der Waals surface area contributed by atoms with Gasteiger partial charge in [0.15, 0.2) is 0 Å². The number of phosphoric acid groups is 1. The highest BCUT2D eigenvalue weighted by molar-refractivity contribution is 7.46. The lowest BCUT2D eigenvalue weighted by Gasteiger charge is -2.21. The van der Waals surface area contributed by atoms with Crippen LogP contribution in [0.4, 0.5) is 5.69 Å². The van der Waals surface area contributed by atoms with Crippen molar-refractivity contribution in [1.82, 2.24) is 5.32 Å². The first-order valence-corrected chi connectivity index (χ1v) is 10.6. The molecule has 3 N–H and O–H groups in total. The number of hydrogen-bond acceptors (Lipinski definition) is 6. The summed E-state index contributed by atoms with van der Waals surface area (Å²) in [7, 11) is -4.47. The van der Waals surface area contributed by atoms with Crippen LogP contribution in [0.25, 0.3) is 11.0 Å². The molecule has 10 heteroatoms. The first-order chi connectivity index (χ1) is 13.2. The first-order valence-electron chi connectivity index (χ1n) is 9.06. The molecule has 0 unspecified atom stereocenters. The number of unbranched alkanes of at least 4 members (excludes halogenated alkanes) is 1. The molecule has 0 bridgehead atoms. The van der Waals surface area contributed by atoms with Crippen LogP contribution in [0, 0.1) is 0 Å². The number of hydrogen-bond donors (Lipinski definition) is 3. The summed E-state index contributed by atoms with van der Waals surface area (Å²) >= 11 is 0. The number of anilines is 1. The van der Waals surface area contributed by atoms with Crippen LogP contribution in [0.15, 0.2) is 33.5 Å². The van der Waals surface area contributed by atoms with Crippen LogP contribution in [0.3, 0.4) is 0 Å². The molecule has 28 heavy (non-hydrogen) atoms. The zero-order valence-electron chi connectivity index (χ0n) is 15.9. The van der Waals surface area contributed by atoms with Crippen molar-refractivity contribution in [3.63, 3.8) is 0 Å². The molecule has 0 aliphatic heterocycles. The second-order valence-electron chi connectivity index (χ2n) is 6.13. The summed E-state index contributed by atoms with van der Waals surface area (Å²) in [6.45, 7) is 5.85. The molecule has 154 valence electrons. The van der Waals surface area contributed by atoms with E-state index < -0.39 is 19.4 Å². The van der Waals surface area contributed by atoms with E-state index in [9.17, 15) is 14.2 Å². The van der Waals surface area contributed by atoms with E-state index in [-0.39, 0.29) is 18.7 Å². The zero-order chi connectivity index (χ0) is 20.7. The molecule has 2 rings (SSSR count). The first kappa shape index (κ1) is 22.1. The van der Waals surface area contributed by atoms with E-state index in [2.05, 4.69) is 14.7 Å². The van der Waals surface area contributed by atoms with Gasteiger partial charge >= 0.3 is 13.4 Å². The van der Waals surface area contributed by atoms with Crippen LogP contribution in [0.2, 0.25) is 0 Å². The Morgan fingerprint density at radius 3 is 2.57 bits per heavy atom. The molecule has 1 aromatic heterocycles. The van der Waals surface area contributed by atoms with Crippen molar-refractivity contribution < 1.29 is 28.1 Å². The minimum Gasteiger partial charge on any atom is -0.422 e. The Kier molecular flexibility index (Phi) is 7.77. The fourth-order valence-corrected chi connectivity index (χ4v) is 3.12. The third-order valence-electron chi connectivity index (χ3n) is 4.21. The largest absolute Gasteiger partial charge is 0.469 e. The Balaban J connectivity index is 2.01. The molecule has 0 saturated carbocycles. The number of nitrogens with zero attached hydrogens (tertiary/aromatic N) is 1. The molecule has 0 aliphatic rings. The molecule has 0 spiro atoms. The molecule has 2 aromatic rings. The molecule has 9 nitrogen and oxygen atoms in total. The summed E-state index contributed by atoms with van der Waals surface area (Å²) in [6, 6.07) is 7.01. The van der Waals surface area contributed by atoms with Crippen molar-refractivity contribution in [3.05, 3.63) is 40.2 Å². The predicted octanol–water partition coefficient (Wildman–Crippen LogP) is 2.26. The maximum Gasteiger partial charge on any atom is 0.469 e. The van der Waals surface area contributed by atoms with Crippen LogP contribution >= 0.6 is 7.82 Å². The van der Waals surface area contributed by atoms with Crippen LogP contribution in [-0.4, -0.2) is 41.9 Å². The highest BCUT2D eigenvalue weighted by atomic mass is 31.2. The molecule has 1 heterocycles. The molecule has 0 saturated heterocycles. The zero-order valence-corrected chi connectivity index (χ0v) is 16.8. The number of fused-ring (bicyclic) bond motifs is 1. The van der Waals surface area contributed by atoms with Crippen LogP contribution in [-0.2, 0) is 9.09 Å². The number of carbonyl (C=O) groups is 1. The summed E-state index contributed by atoms with van der Waals surface area (Å²) in [4.78, 5) is 43.7. The van der Waals surface area contributed by atoms with Gasteiger partial charge < -0.3 is 24.4 Å². The summed E-state index contributed by atoms with van der Waals surface area (Å²) in [5, 5.41) is 3.24. The van der Waals surface area contributed by atoms with E-state index in [0.717, 1.165) is 18.8 Å². The fraction of sp³-hybridized carbons (Fsp3) is 0.444. The highest BCUT2D eigenvalue weighted by Gasteiger charge is 2.15. The summed E-state index contributed by atoms with van der Waals surface area (Å²) in [5.74, 6) is -0.556. The van der Waals surface area contributed by atoms with Crippen molar-refractivity contribution in [2.24, 2.45) is 0 Å². The average Bonchev–Trinajstić information content (AvgIpc) is 2.63. The predicted molar refractivity (Wildman–Crippen MR) is 106 cm³/mol. The van der Waals surface area contributed by atoms with Crippen LogP contribution in [0.1, 0.15) is 37.0 Å². The van der Waals surface area contributed by atoms with Gasteiger partial charge in [-0.15, -0.1) is 0 Å². The second kappa shape index (κ2) is 9.84. The third-order valence-corrected chi connectivity index (χ3v) is 4.73. The molecule has 0 fully saturated rings. The Morgan fingerprint density at radius 2 is 1.93 bits per heavy atom. The van der Waals surface area contributed by atoms with E-state index in [1.54, 1.807) is 6.07 Å². The SMILES string of the molecule is CCN(CC)c1ccc2cc(C(=O)NCCCCOP(=O)(O)O)c(=O)oc2c1. The maximum atomic E-state index is 12.2. The molecule has 0 atom stereocenters. The van der Waals surface area contributed by atoms with Crippen molar-refractivity contribution in [3.8, 4) is 0 Å². The van der Waals surface area contributed by atoms with Gasteiger partial charge in [0, 0.05) is 36.8 Å². The van der Waals surface area contributed by atoms with E-state index in [1.807, 2.05) is 26.0 Å². The molecule has 1 amide bonds. The molecule has 0 radical (unpaired) electrons. The third kappa shape index (κ3) is 6.17. The van der Waals surface area contributed by atoms with Crippen LogP contribution < -0.4 is 15.8 Å². The van der Waals surface area contributed by atoms with Crippen molar-refractivity contribution >= 4 is 30.4 Å². The van der Waals surface area contributed by atoms with Gasteiger partial charge in [-0.25, -0.2) is 9.36 Å². The second-order valence-corrected chi connectivity index (χ2v) is 7.37. The van der Waals surface area contributed by atoms with E-state index >= 15 is 0 Å². The standard InChI is InChI=1S/C18H25N2O7P/c1-3-20(4-2)14-8-7-13-11-15(18(22)27-16(13)12-14)17(21)19-9-5-6-10-26-28(23,24)25/h7-8,11-12H,3-6,9-10H2,1-2H3,(H,19,21)(H2,23,24,25). The van der Waals surface area contributed by atoms with Gasteiger partial charge in [0.1, 0.15) is 11.1 Å². The number of rotatable bonds is 10. The Bertz CT molecular complexity index is 918. The maximum absolute atomic E-state index is 12.2. The summed E-state index contributed by atoms with van der Waals surface area (Å²) in [5.41, 5.74) is 0.553. The van der Waals surface area contributed by atoms with Gasteiger partial charge in [-0.2, -0.15) is 0 Å². The Labute approximate surface area is 162 Å². The monoisotopic (exact) mass is 412 g/mol. The molecule has 0 aliphatic carbocycles. The van der Waals surface area contributed by atoms with E-state index in [4.69, 9.17) is 14.2 Å². The van der Waals surface area contributed by atoms with E-state index in [0.29, 0.717) is 23.8 Å². The van der Waals surface area contributed by atoms with E-state index in [1.165, 1.54) is 6.07 Å². The minimum atomic E-state index is -4.47. The minimum absolute atomic E-state index is 0.0884. The molecular formula is C18H25N2O7P. The lowest BCUT2D eigenvalue weighted by Crippen LogP contribution is -2.29. The summed E-state index contributed by atoms with van der Waals surface area (Å²) in [6.07, 6.45) is 0.795. The fourth-order valence-electron chi connectivity index (χ4n) is 2.75.